The summed E-state index contributed by atoms with van der Waals surface area (Å²) in [6.45, 7) is 10.4. The summed E-state index contributed by atoms with van der Waals surface area (Å²) < 4.78 is 0. The fraction of sp³-hybridized carbons (Fsp3) is 0.526. The molecular formula is C19H28O2. The van der Waals surface area contributed by atoms with Gasteiger partial charge < -0.3 is 5.11 Å². The van der Waals surface area contributed by atoms with Crippen molar-refractivity contribution >= 4 is 5.97 Å². The van der Waals surface area contributed by atoms with Gasteiger partial charge in [0.05, 0.1) is 5.92 Å². The van der Waals surface area contributed by atoms with Crippen LogP contribution in [-0.4, -0.2) is 11.1 Å². The minimum absolute atomic E-state index is 0.0703. The standard InChI is InChI=1S/C19H28O2/c1-5-15-13-14-16(19(2,3)4)11-9-7-6-8-10-12-17(15)18(20)21/h5,8,10-11,13-15,17H,1,6-7,9,12H2,2-4H3,(H,20,21)/b10-8+,14-13+,16-11-/t15-,17+/m0/s1. The van der Waals surface area contributed by atoms with Crippen LogP contribution in [-0.2, 0) is 4.79 Å². The Hall–Kier alpha value is -1.57. The zero-order valence-electron chi connectivity index (χ0n) is 13.5. The van der Waals surface area contributed by atoms with Gasteiger partial charge >= 0.3 is 5.97 Å². The molecule has 2 heteroatoms. The molecule has 1 aliphatic carbocycles. The molecule has 2 atom stereocenters. The first-order valence-corrected chi connectivity index (χ1v) is 7.75. The quantitative estimate of drug-likeness (QED) is 0.714. The molecule has 0 heterocycles. The fourth-order valence-corrected chi connectivity index (χ4v) is 2.49. The average Bonchev–Trinajstić information content (AvgIpc) is 2.37. The predicted octanol–water partition coefficient (Wildman–Crippen LogP) is 5.15. The number of allylic oxidation sites excluding steroid dienone is 7. The molecule has 0 amide bonds. The maximum absolute atomic E-state index is 11.5. The van der Waals surface area contributed by atoms with Crippen molar-refractivity contribution in [1.29, 1.82) is 0 Å². The van der Waals surface area contributed by atoms with Crippen LogP contribution in [0.5, 0.6) is 0 Å². The van der Waals surface area contributed by atoms with Gasteiger partial charge in [0.15, 0.2) is 0 Å². The topological polar surface area (TPSA) is 37.3 Å². The molecule has 0 aliphatic heterocycles. The fourth-order valence-electron chi connectivity index (χ4n) is 2.49. The van der Waals surface area contributed by atoms with Crippen LogP contribution in [0.25, 0.3) is 0 Å². The molecule has 0 aromatic rings. The molecule has 0 saturated carbocycles. The summed E-state index contributed by atoms with van der Waals surface area (Å²) >= 11 is 0. The smallest absolute Gasteiger partial charge is 0.307 e. The number of hydrogen-bond acceptors (Lipinski definition) is 1. The van der Waals surface area contributed by atoms with Crippen LogP contribution < -0.4 is 0 Å². The highest BCUT2D eigenvalue weighted by molar-refractivity contribution is 5.71. The van der Waals surface area contributed by atoms with Gasteiger partial charge in [0, 0.05) is 5.92 Å². The number of carbonyl (C=O) groups is 1. The average molecular weight is 288 g/mol. The van der Waals surface area contributed by atoms with E-state index in [-0.39, 0.29) is 11.3 Å². The zero-order chi connectivity index (χ0) is 15.9. The van der Waals surface area contributed by atoms with Crippen LogP contribution in [0.15, 0.2) is 48.6 Å². The van der Waals surface area contributed by atoms with E-state index in [0.717, 1.165) is 19.3 Å². The van der Waals surface area contributed by atoms with Crippen molar-refractivity contribution in [2.45, 2.75) is 46.5 Å². The molecule has 21 heavy (non-hydrogen) atoms. The molecule has 0 aromatic heterocycles. The number of aliphatic carboxylic acids is 1. The first kappa shape index (κ1) is 17.5. The van der Waals surface area contributed by atoms with Crippen LogP contribution >= 0.6 is 0 Å². The minimum Gasteiger partial charge on any atom is -0.481 e. The molecule has 0 radical (unpaired) electrons. The lowest BCUT2D eigenvalue weighted by Gasteiger charge is -2.22. The van der Waals surface area contributed by atoms with Crippen LogP contribution in [0.1, 0.15) is 46.5 Å². The molecule has 116 valence electrons. The summed E-state index contributed by atoms with van der Waals surface area (Å²) in [4.78, 5) is 11.5. The third-order valence-corrected chi connectivity index (χ3v) is 3.91. The van der Waals surface area contributed by atoms with Gasteiger partial charge in [-0.1, -0.05) is 57.2 Å². The number of carboxylic acids is 1. The molecule has 2 nitrogen and oxygen atoms in total. The minimum atomic E-state index is -0.757. The van der Waals surface area contributed by atoms with Crippen molar-refractivity contribution in [2.24, 2.45) is 17.3 Å². The third kappa shape index (κ3) is 5.74. The third-order valence-electron chi connectivity index (χ3n) is 3.91. The first-order valence-electron chi connectivity index (χ1n) is 7.75. The molecule has 1 rings (SSSR count). The highest BCUT2D eigenvalue weighted by atomic mass is 16.4. The van der Waals surface area contributed by atoms with E-state index in [0.29, 0.717) is 6.42 Å². The molecule has 0 saturated heterocycles. The number of rotatable bonds is 2. The van der Waals surface area contributed by atoms with Crippen molar-refractivity contribution in [3.63, 3.8) is 0 Å². The van der Waals surface area contributed by atoms with Crippen molar-refractivity contribution in [3.05, 3.63) is 48.6 Å². The van der Waals surface area contributed by atoms with E-state index in [4.69, 9.17) is 0 Å². The zero-order valence-corrected chi connectivity index (χ0v) is 13.5. The Morgan fingerprint density at radius 3 is 2.62 bits per heavy atom. The highest BCUT2D eigenvalue weighted by Gasteiger charge is 2.23. The molecule has 1 N–H and O–H groups in total. The van der Waals surface area contributed by atoms with E-state index in [1.807, 2.05) is 12.2 Å². The lowest BCUT2D eigenvalue weighted by molar-refractivity contribution is -0.142. The Bertz CT molecular complexity index is 447. The summed E-state index contributed by atoms with van der Waals surface area (Å²) in [5, 5.41) is 9.44. The molecule has 0 bridgehead atoms. The molecule has 1 aliphatic rings. The largest absolute Gasteiger partial charge is 0.481 e. The summed E-state index contributed by atoms with van der Waals surface area (Å²) in [6.07, 6.45) is 15.9. The van der Waals surface area contributed by atoms with Crippen LogP contribution in [0.4, 0.5) is 0 Å². The van der Waals surface area contributed by atoms with E-state index in [9.17, 15) is 9.90 Å². The lowest BCUT2D eigenvalue weighted by atomic mass is 9.82. The van der Waals surface area contributed by atoms with Gasteiger partial charge in [0.25, 0.3) is 0 Å². The van der Waals surface area contributed by atoms with Crippen molar-refractivity contribution < 1.29 is 9.90 Å². The maximum Gasteiger partial charge on any atom is 0.307 e. The summed E-state index contributed by atoms with van der Waals surface area (Å²) in [5.41, 5.74) is 1.34. The SMILES string of the molecule is C=C[C@H]1/C=C/C(C(C)(C)C)=C/CCC/C=C/C[C@H]1C(=O)O. The van der Waals surface area contributed by atoms with Crippen molar-refractivity contribution in [1.82, 2.24) is 0 Å². The first-order chi connectivity index (χ1) is 9.86. The Labute approximate surface area is 128 Å². The van der Waals surface area contributed by atoms with Crippen molar-refractivity contribution in [2.75, 3.05) is 0 Å². The van der Waals surface area contributed by atoms with Crippen LogP contribution in [0.3, 0.4) is 0 Å². The molecule has 0 aromatic carbocycles. The number of hydrogen-bond donors (Lipinski definition) is 1. The van der Waals surface area contributed by atoms with Crippen LogP contribution in [0.2, 0.25) is 0 Å². The predicted molar refractivity (Wildman–Crippen MR) is 89.1 cm³/mol. The van der Waals surface area contributed by atoms with Crippen LogP contribution in [0, 0.1) is 17.3 Å². The molecule has 0 unspecified atom stereocenters. The van der Waals surface area contributed by atoms with Crippen molar-refractivity contribution in [3.8, 4) is 0 Å². The van der Waals surface area contributed by atoms with E-state index in [1.165, 1.54) is 5.57 Å². The van der Waals surface area contributed by atoms with Gasteiger partial charge in [-0.15, -0.1) is 6.58 Å². The normalized spacial score (nSPS) is 30.1. The van der Waals surface area contributed by atoms with Gasteiger partial charge in [-0.05, 0) is 36.7 Å². The molecule has 0 fully saturated rings. The summed E-state index contributed by atoms with van der Waals surface area (Å²) in [7, 11) is 0. The second-order valence-corrected chi connectivity index (χ2v) is 6.66. The van der Waals surface area contributed by atoms with Gasteiger partial charge in [-0.3, -0.25) is 4.79 Å². The highest BCUT2D eigenvalue weighted by Crippen LogP contribution is 2.29. The summed E-state index contributed by atoms with van der Waals surface area (Å²) in [5.74, 6) is -1.33. The van der Waals surface area contributed by atoms with E-state index < -0.39 is 11.9 Å². The second kappa shape index (κ2) is 8.02. The molecule has 0 spiro atoms. The summed E-state index contributed by atoms with van der Waals surface area (Å²) in [6, 6.07) is 0. The maximum atomic E-state index is 11.5. The van der Waals surface area contributed by atoms with Gasteiger partial charge in [0.1, 0.15) is 0 Å². The van der Waals surface area contributed by atoms with E-state index in [1.54, 1.807) is 6.08 Å². The van der Waals surface area contributed by atoms with Gasteiger partial charge in [-0.25, -0.2) is 0 Å². The Kier molecular flexibility index (Phi) is 6.67. The Morgan fingerprint density at radius 2 is 2.05 bits per heavy atom. The van der Waals surface area contributed by atoms with E-state index in [2.05, 4.69) is 45.6 Å². The number of carboxylic acid groups (broad SMARTS) is 1. The van der Waals surface area contributed by atoms with Gasteiger partial charge in [-0.2, -0.15) is 0 Å². The second-order valence-electron chi connectivity index (χ2n) is 6.66. The Balaban J connectivity index is 3.11. The van der Waals surface area contributed by atoms with Gasteiger partial charge in [0.2, 0.25) is 0 Å². The van der Waals surface area contributed by atoms with E-state index >= 15 is 0 Å². The monoisotopic (exact) mass is 288 g/mol. The lowest BCUT2D eigenvalue weighted by Crippen LogP contribution is -2.20. The molecular weight excluding hydrogens is 260 g/mol. The Morgan fingerprint density at radius 1 is 1.33 bits per heavy atom.